The maximum atomic E-state index is 2.47. The van der Waals surface area contributed by atoms with Gasteiger partial charge >= 0.3 is 0 Å². The van der Waals surface area contributed by atoms with Crippen LogP contribution in [0.4, 0.5) is 5.69 Å². The lowest BCUT2D eigenvalue weighted by atomic mass is 9.95. The minimum absolute atomic E-state index is 0.752. The SMILES string of the molecule is CN1c2ccccc2CCC1CCI. The third-order valence-corrected chi connectivity index (χ3v) is 3.73. The molecule has 0 aromatic heterocycles. The minimum Gasteiger partial charge on any atom is -0.371 e. The first-order chi connectivity index (χ1) is 6.83. The third-order valence-electron chi connectivity index (χ3n) is 3.11. The second-order valence-electron chi connectivity index (χ2n) is 3.91. The normalized spacial score (nSPS) is 20.7. The Bertz CT molecular complexity index is 311. The zero-order valence-corrected chi connectivity index (χ0v) is 10.7. The van der Waals surface area contributed by atoms with Crippen LogP contribution in [-0.4, -0.2) is 17.5 Å². The standard InChI is InChI=1S/C12H16IN/c1-14-11(8-9-13)7-6-10-4-2-3-5-12(10)14/h2-5,11H,6-9H2,1H3. The predicted octanol–water partition coefficient (Wildman–Crippen LogP) is 3.26. The molecule has 1 nitrogen and oxygen atoms in total. The van der Waals surface area contributed by atoms with Crippen molar-refractivity contribution in [1.82, 2.24) is 0 Å². The fourth-order valence-electron chi connectivity index (χ4n) is 2.24. The van der Waals surface area contributed by atoms with E-state index in [1.165, 1.54) is 34.9 Å². The molecule has 0 N–H and O–H groups in total. The number of para-hydroxylation sites is 1. The van der Waals surface area contributed by atoms with Gasteiger partial charge in [0, 0.05) is 23.2 Å². The monoisotopic (exact) mass is 301 g/mol. The number of anilines is 1. The maximum Gasteiger partial charge on any atom is 0.0398 e. The van der Waals surface area contributed by atoms with Crippen molar-refractivity contribution in [3.8, 4) is 0 Å². The summed E-state index contributed by atoms with van der Waals surface area (Å²) in [4.78, 5) is 2.46. The molecule has 0 saturated heterocycles. The van der Waals surface area contributed by atoms with Crippen LogP contribution in [0.25, 0.3) is 0 Å². The van der Waals surface area contributed by atoms with Gasteiger partial charge in [0.1, 0.15) is 0 Å². The van der Waals surface area contributed by atoms with Crippen LogP contribution in [0.15, 0.2) is 24.3 Å². The van der Waals surface area contributed by atoms with Crippen molar-refractivity contribution < 1.29 is 0 Å². The Hall–Kier alpha value is -0.250. The molecule has 0 bridgehead atoms. The van der Waals surface area contributed by atoms with E-state index in [2.05, 4.69) is 58.8 Å². The summed E-state index contributed by atoms with van der Waals surface area (Å²) in [6.07, 6.45) is 3.88. The highest BCUT2D eigenvalue weighted by molar-refractivity contribution is 14.1. The van der Waals surface area contributed by atoms with E-state index < -0.39 is 0 Å². The molecule has 0 amide bonds. The molecule has 1 aromatic rings. The number of hydrogen-bond donors (Lipinski definition) is 0. The Kier molecular flexibility index (Phi) is 3.31. The second kappa shape index (κ2) is 4.51. The first kappa shape index (κ1) is 10.3. The molecule has 1 unspecified atom stereocenters. The van der Waals surface area contributed by atoms with Gasteiger partial charge in [-0.25, -0.2) is 0 Å². The van der Waals surface area contributed by atoms with Crippen molar-refractivity contribution in [2.75, 3.05) is 16.4 Å². The first-order valence-corrected chi connectivity index (χ1v) is 6.72. The van der Waals surface area contributed by atoms with Gasteiger partial charge in [0.25, 0.3) is 0 Å². The summed E-state index contributed by atoms with van der Waals surface area (Å²) in [5.41, 5.74) is 2.95. The van der Waals surface area contributed by atoms with Crippen LogP contribution in [0.5, 0.6) is 0 Å². The molecule has 0 spiro atoms. The number of hydrogen-bond acceptors (Lipinski definition) is 1. The zero-order valence-electron chi connectivity index (χ0n) is 8.54. The fraction of sp³-hybridized carbons (Fsp3) is 0.500. The van der Waals surface area contributed by atoms with Crippen molar-refractivity contribution in [3.63, 3.8) is 0 Å². The number of benzene rings is 1. The molecule has 1 atom stereocenters. The van der Waals surface area contributed by atoms with Gasteiger partial charge in [-0.1, -0.05) is 40.8 Å². The lowest BCUT2D eigenvalue weighted by molar-refractivity contribution is 0.548. The fourth-order valence-corrected chi connectivity index (χ4v) is 2.96. The molecule has 1 aliphatic heterocycles. The molecule has 2 rings (SSSR count). The summed E-state index contributed by atoms with van der Waals surface area (Å²) in [6.45, 7) is 0. The molecule has 0 saturated carbocycles. The van der Waals surface area contributed by atoms with E-state index in [1.54, 1.807) is 0 Å². The van der Waals surface area contributed by atoms with Gasteiger partial charge < -0.3 is 4.90 Å². The van der Waals surface area contributed by atoms with E-state index in [9.17, 15) is 0 Å². The van der Waals surface area contributed by atoms with Crippen molar-refractivity contribution >= 4 is 28.3 Å². The molecule has 1 heterocycles. The van der Waals surface area contributed by atoms with Crippen LogP contribution in [0.2, 0.25) is 0 Å². The van der Waals surface area contributed by atoms with Crippen LogP contribution in [0.1, 0.15) is 18.4 Å². The van der Waals surface area contributed by atoms with Gasteiger partial charge in [-0.3, -0.25) is 0 Å². The van der Waals surface area contributed by atoms with Gasteiger partial charge in [0.15, 0.2) is 0 Å². The topological polar surface area (TPSA) is 3.24 Å². The molecular weight excluding hydrogens is 285 g/mol. The predicted molar refractivity (Wildman–Crippen MR) is 70.5 cm³/mol. The highest BCUT2D eigenvalue weighted by Gasteiger charge is 2.21. The smallest absolute Gasteiger partial charge is 0.0398 e. The van der Waals surface area contributed by atoms with E-state index in [0.717, 1.165) is 6.04 Å². The number of halogens is 1. The van der Waals surface area contributed by atoms with Crippen LogP contribution in [0.3, 0.4) is 0 Å². The number of rotatable bonds is 2. The van der Waals surface area contributed by atoms with Gasteiger partial charge in [-0.05, 0) is 30.9 Å². The molecule has 1 aliphatic rings. The first-order valence-electron chi connectivity index (χ1n) is 5.19. The number of nitrogens with zero attached hydrogens (tertiary/aromatic N) is 1. The Morgan fingerprint density at radius 1 is 1.43 bits per heavy atom. The Labute approximate surface area is 99.6 Å². The Balaban J connectivity index is 2.22. The van der Waals surface area contributed by atoms with Crippen molar-refractivity contribution in [2.24, 2.45) is 0 Å². The maximum absolute atomic E-state index is 2.47. The van der Waals surface area contributed by atoms with Crippen LogP contribution in [0, 0.1) is 0 Å². The van der Waals surface area contributed by atoms with Gasteiger partial charge in [0.05, 0.1) is 0 Å². The zero-order chi connectivity index (χ0) is 9.97. The van der Waals surface area contributed by atoms with Gasteiger partial charge in [-0.2, -0.15) is 0 Å². The van der Waals surface area contributed by atoms with Crippen molar-refractivity contribution in [1.29, 1.82) is 0 Å². The Morgan fingerprint density at radius 3 is 3.00 bits per heavy atom. The summed E-state index contributed by atoms with van der Waals surface area (Å²) in [6, 6.07) is 9.54. The third kappa shape index (κ3) is 1.90. The molecule has 0 radical (unpaired) electrons. The molecule has 14 heavy (non-hydrogen) atoms. The molecule has 0 aliphatic carbocycles. The summed E-state index contributed by atoms with van der Waals surface area (Å²) >= 11 is 2.47. The molecule has 2 heteroatoms. The molecular formula is C12H16IN. The summed E-state index contributed by atoms with van der Waals surface area (Å²) in [5.74, 6) is 0. The van der Waals surface area contributed by atoms with Gasteiger partial charge in [0.2, 0.25) is 0 Å². The van der Waals surface area contributed by atoms with E-state index in [0.29, 0.717) is 0 Å². The lowest BCUT2D eigenvalue weighted by Crippen LogP contribution is -2.36. The summed E-state index contributed by atoms with van der Waals surface area (Å²) < 4.78 is 1.26. The largest absolute Gasteiger partial charge is 0.371 e. The number of aryl methyl sites for hydroxylation is 1. The van der Waals surface area contributed by atoms with Gasteiger partial charge in [-0.15, -0.1) is 0 Å². The average Bonchev–Trinajstić information content (AvgIpc) is 2.23. The van der Waals surface area contributed by atoms with E-state index in [4.69, 9.17) is 0 Å². The molecule has 76 valence electrons. The summed E-state index contributed by atoms with van der Waals surface area (Å²) in [7, 11) is 2.23. The number of alkyl halides is 1. The van der Waals surface area contributed by atoms with Crippen LogP contribution >= 0.6 is 22.6 Å². The molecule has 1 aromatic carbocycles. The van der Waals surface area contributed by atoms with Crippen molar-refractivity contribution in [2.45, 2.75) is 25.3 Å². The number of fused-ring (bicyclic) bond motifs is 1. The minimum atomic E-state index is 0.752. The lowest BCUT2D eigenvalue weighted by Gasteiger charge is -2.35. The highest BCUT2D eigenvalue weighted by atomic mass is 127. The van der Waals surface area contributed by atoms with Crippen molar-refractivity contribution in [3.05, 3.63) is 29.8 Å². The average molecular weight is 301 g/mol. The van der Waals surface area contributed by atoms with Crippen LogP contribution in [-0.2, 0) is 6.42 Å². The summed E-state index contributed by atoms with van der Waals surface area (Å²) in [5, 5.41) is 0. The van der Waals surface area contributed by atoms with E-state index >= 15 is 0 Å². The van der Waals surface area contributed by atoms with Crippen LogP contribution < -0.4 is 4.90 Å². The highest BCUT2D eigenvalue weighted by Crippen LogP contribution is 2.30. The van der Waals surface area contributed by atoms with E-state index in [1.807, 2.05) is 0 Å². The molecule has 0 fully saturated rings. The Morgan fingerprint density at radius 2 is 2.21 bits per heavy atom. The second-order valence-corrected chi connectivity index (χ2v) is 4.99. The quantitative estimate of drug-likeness (QED) is 0.598. The van der Waals surface area contributed by atoms with E-state index in [-0.39, 0.29) is 0 Å².